The fourth-order valence-corrected chi connectivity index (χ4v) is 8.82. The van der Waals surface area contributed by atoms with Gasteiger partial charge in [0.15, 0.2) is 0 Å². The zero-order chi connectivity index (χ0) is 35.8. The third-order valence-corrected chi connectivity index (χ3v) is 11.0. The molecule has 0 amide bonds. The molecule has 0 aromatic heterocycles. The number of allylic oxidation sites excluding steroid dienone is 3. The Labute approximate surface area is 291 Å². The number of carbonyl (C=O) groups excluding carboxylic acids is 1. The van der Waals surface area contributed by atoms with E-state index in [1.165, 1.54) is 48.5 Å². The van der Waals surface area contributed by atoms with Gasteiger partial charge in [0.05, 0.1) is 11.5 Å². The van der Waals surface area contributed by atoms with Crippen molar-refractivity contribution >= 4 is 5.78 Å². The number of fused-ring (bicyclic) bond motifs is 8. The monoisotopic (exact) mass is 690 g/mol. The molecular weight excluding hydrogens is 656 g/mol. The topological polar surface area (TPSA) is 175 Å². The number of phenols is 5. The lowest BCUT2D eigenvalue weighted by Crippen LogP contribution is -2.62. The first-order valence-electron chi connectivity index (χ1n) is 16.7. The Morgan fingerprint density at radius 2 is 1.47 bits per heavy atom. The second kappa shape index (κ2) is 10.1. The summed E-state index contributed by atoms with van der Waals surface area (Å²) in [6.45, 7) is 5.69. The Kier molecular flexibility index (Phi) is 6.20. The van der Waals surface area contributed by atoms with Gasteiger partial charge < -0.3 is 49.6 Å². The standard InChI is InChI=1S/C40H34O11/c1-18(2)10-11-38-27-9-6-22(43)16-30(27)51-40(38,47)37(46)34-32(48-38)17-31-33(36(34)45)25-13-19(3)12-24-23-7-4-21(42)15-29(23)49-39(50-31,35(24)25)26-8-5-20(41)14-28(26)44/h4-10,13-17,24-25,35,41-45,47H,11-12H2,1-3H3/t24-,25-,35-,38-,39+,40-/m1/s1. The van der Waals surface area contributed by atoms with Gasteiger partial charge in [-0.05, 0) is 63.1 Å². The number of ketones is 1. The van der Waals surface area contributed by atoms with Crippen molar-refractivity contribution in [3.63, 3.8) is 0 Å². The Hall–Kier alpha value is -5.81. The summed E-state index contributed by atoms with van der Waals surface area (Å²) in [5.74, 6) is -7.62. The fourth-order valence-electron chi connectivity index (χ4n) is 8.82. The lowest BCUT2D eigenvalue weighted by molar-refractivity contribution is -0.204. The summed E-state index contributed by atoms with van der Waals surface area (Å²) in [4.78, 5) is 14.6. The van der Waals surface area contributed by atoms with Crippen LogP contribution in [0.1, 0.15) is 78.1 Å². The van der Waals surface area contributed by atoms with E-state index in [1.807, 2.05) is 26.8 Å². The molecule has 51 heavy (non-hydrogen) atoms. The number of aliphatic hydroxyl groups is 1. The number of ether oxygens (including phenoxy) is 4. The molecule has 0 fully saturated rings. The van der Waals surface area contributed by atoms with Crippen LogP contribution in [0.2, 0.25) is 0 Å². The van der Waals surface area contributed by atoms with E-state index < -0.39 is 40.5 Å². The van der Waals surface area contributed by atoms with Crippen LogP contribution >= 0.6 is 0 Å². The lowest BCUT2D eigenvalue weighted by Gasteiger charge is -2.55. The number of Topliss-reactive ketones (excluding diaryl/α,β-unsaturated/α-hetero) is 1. The molecule has 1 aliphatic carbocycles. The van der Waals surface area contributed by atoms with Crippen LogP contribution in [0.15, 0.2) is 84.0 Å². The number of hydrogen-bond acceptors (Lipinski definition) is 11. The van der Waals surface area contributed by atoms with Crippen LogP contribution in [0.4, 0.5) is 0 Å². The molecule has 4 aliphatic heterocycles. The number of phenolic OH excluding ortho intramolecular Hbond substituents is 5. The second-order valence-electron chi connectivity index (χ2n) is 14.4. The minimum Gasteiger partial charge on any atom is -0.508 e. The maximum absolute atomic E-state index is 14.6. The van der Waals surface area contributed by atoms with Crippen LogP contribution in [0.3, 0.4) is 0 Å². The highest BCUT2D eigenvalue weighted by Gasteiger charge is 2.70. The highest BCUT2D eigenvalue weighted by molar-refractivity contribution is 6.09. The van der Waals surface area contributed by atoms with E-state index in [1.54, 1.807) is 18.2 Å². The Morgan fingerprint density at radius 1 is 0.804 bits per heavy atom. The zero-order valence-corrected chi connectivity index (χ0v) is 27.8. The van der Waals surface area contributed by atoms with Gasteiger partial charge in [-0.25, -0.2) is 0 Å². The summed E-state index contributed by atoms with van der Waals surface area (Å²) in [5.41, 5.74) is 1.32. The Balaban J connectivity index is 1.30. The van der Waals surface area contributed by atoms with E-state index in [-0.39, 0.29) is 69.3 Å². The van der Waals surface area contributed by atoms with E-state index >= 15 is 0 Å². The molecule has 0 saturated heterocycles. The summed E-state index contributed by atoms with van der Waals surface area (Å²) < 4.78 is 26.2. The van der Waals surface area contributed by atoms with Crippen LogP contribution in [0.25, 0.3) is 0 Å². The molecule has 11 nitrogen and oxygen atoms in total. The van der Waals surface area contributed by atoms with Crippen molar-refractivity contribution in [3.05, 3.63) is 112 Å². The molecule has 5 aliphatic rings. The molecule has 0 saturated carbocycles. The van der Waals surface area contributed by atoms with Crippen molar-refractivity contribution < 1.29 is 54.4 Å². The molecule has 6 N–H and O–H groups in total. The van der Waals surface area contributed by atoms with E-state index in [2.05, 4.69) is 0 Å². The summed E-state index contributed by atoms with van der Waals surface area (Å²) >= 11 is 0. The van der Waals surface area contributed by atoms with Gasteiger partial charge in [0.2, 0.25) is 11.4 Å². The predicted molar refractivity (Wildman–Crippen MR) is 181 cm³/mol. The molecule has 4 aromatic rings. The zero-order valence-electron chi connectivity index (χ0n) is 27.8. The second-order valence-corrected chi connectivity index (χ2v) is 14.4. The van der Waals surface area contributed by atoms with Gasteiger partial charge in [-0.1, -0.05) is 29.4 Å². The van der Waals surface area contributed by atoms with Crippen LogP contribution in [-0.4, -0.2) is 42.2 Å². The van der Waals surface area contributed by atoms with Gasteiger partial charge >= 0.3 is 5.79 Å². The number of carbonyl (C=O) groups is 1. The largest absolute Gasteiger partial charge is 0.508 e. The maximum atomic E-state index is 14.6. The third-order valence-electron chi connectivity index (χ3n) is 11.0. The van der Waals surface area contributed by atoms with E-state index in [0.717, 1.165) is 16.7 Å². The van der Waals surface area contributed by atoms with Gasteiger partial charge in [-0.15, -0.1) is 0 Å². The van der Waals surface area contributed by atoms with Gasteiger partial charge in [-0.2, -0.15) is 0 Å². The average molecular weight is 691 g/mol. The van der Waals surface area contributed by atoms with E-state index in [4.69, 9.17) is 18.9 Å². The lowest BCUT2D eigenvalue weighted by atomic mass is 9.60. The number of aromatic hydroxyl groups is 5. The fraction of sp³-hybridized carbons (Fsp3) is 0.275. The minimum absolute atomic E-state index is 0.00346. The molecule has 260 valence electrons. The molecule has 0 unspecified atom stereocenters. The van der Waals surface area contributed by atoms with Gasteiger partial charge in [0.1, 0.15) is 57.3 Å². The first kappa shape index (κ1) is 31.2. The number of benzene rings is 4. The van der Waals surface area contributed by atoms with Crippen LogP contribution in [0.5, 0.6) is 51.7 Å². The first-order chi connectivity index (χ1) is 24.3. The molecule has 4 aromatic carbocycles. The molecule has 0 radical (unpaired) electrons. The molecule has 11 heteroatoms. The first-order valence-corrected chi connectivity index (χ1v) is 16.7. The normalized spacial score (nSPS) is 28.8. The van der Waals surface area contributed by atoms with Crippen molar-refractivity contribution in [2.45, 2.75) is 62.6 Å². The van der Waals surface area contributed by atoms with E-state index in [9.17, 15) is 35.4 Å². The summed E-state index contributed by atoms with van der Waals surface area (Å²) in [6.07, 6.45) is 4.33. The third kappa shape index (κ3) is 4.00. The molecule has 4 heterocycles. The van der Waals surface area contributed by atoms with Crippen molar-refractivity contribution in [2.24, 2.45) is 5.92 Å². The average Bonchev–Trinajstić information content (AvgIpc) is 3.30. The van der Waals surface area contributed by atoms with Crippen LogP contribution in [-0.2, 0) is 11.4 Å². The van der Waals surface area contributed by atoms with Gasteiger partial charge in [-0.3, -0.25) is 4.79 Å². The van der Waals surface area contributed by atoms with Crippen LogP contribution < -0.4 is 18.9 Å². The van der Waals surface area contributed by atoms with Crippen molar-refractivity contribution in [2.75, 3.05) is 0 Å². The van der Waals surface area contributed by atoms with Crippen molar-refractivity contribution in [1.82, 2.24) is 0 Å². The Bertz CT molecular complexity index is 2290. The molecule has 9 rings (SSSR count). The number of rotatable bonds is 3. The quantitative estimate of drug-likeness (QED) is 0.128. The van der Waals surface area contributed by atoms with Crippen molar-refractivity contribution in [3.8, 4) is 51.7 Å². The maximum Gasteiger partial charge on any atom is 0.318 e. The van der Waals surface area contributed by atoms with Crippen LogP contribution in [0, 0.1) is 5.92 Å². The summed E-state index contributed by atoms with van der Waals surface area (Å²) in [7, 11) is 0. The molecule has 6 atom stereocenters. The summed E-state index contributed by atoms with van der Waals surface area (Å²) in [6, 6.07) is 14.7. The highest BCUT2D eigenvalue weighted by atomic mass is 16.7. The SMILES string of the molecule is CC(C)=CC[C@]12Oc3cc4c(c(O)c3C(=O)[C@@]1(O)Oc1cc(O)ccc12)[C@H]1C=C(C)C[C@@H]2c3ccc(O)cc3O[C@@](c3ccc(O)cc3O)(O4)[C@@H]12. The highest BCUT2D eigenvalue weighted by Crippen LogP contribution is 2.67. The molecular formula is C40H34O11. The van der Waals surface area contributed by atoms with E-state index in [0.29, 0.717) is 17.7 Å². The molecule has 0 spiro atoms. The number of hydrogen-bond donors (Lipinski definition) is 6. The summed E-state index contributed by atoms with van der Waals surface area (Å²) in [5, 5.41) is 66.8. The minimum atomic E-state index is -2.61. The molecule has 0 bridgehead atoms. The van der Waals surface area contributed by atoms with Gasteiger partial charge in [0, 0.05) is 53.6 Å². The smallest absolute Gasteiger partial charge is 0.318 e. The van der Waals surface area contributed by atoms with Gasteiger partial charge in [0.25, 0.3) is 5.79 Å². The Morgan fingerprint density at radius 3 is 2.20 bits per heavy atom. The predicted octanol–water partition coefficient (Wildman–Crippen LogP) is 6.59. The van der Waals surface area contributed by atoms with Crippen molar-refractivity contribution in [1.29, 1.82) is 0 Å².